The van der Waals surface area contributed by atoms with Gasteiger partial charge in [0.05, 0.1) is 35.9 Å². The van der Waals surface area contributed by atoms with Crippen molar-refractivity contribution in [1.29, 1.82) is 0 Å². The van der Waals surface area contributed by atoms with E-state index in [4.69, 9.17) is 4.74 Å². The molecule has 1 heterocycles. The molecule has 0 amide bonds. The van der Waals surface area contributed by atoms with Gasteiger partial charge in [0.15, 0.2) is 5.78 Å². The molecule has 1 saturated heterocycles. The molecule has 4 rings (SSSR count). The van der Waals surface area contributed by atoms with E-state index in [9.17, 15) is 25.2 Å². The zero-order valence-corrected chi connectivity index (χ0v) is 17.7. The average Bonchev–Trinajstić information content (AvgIpc) is 2.60. The summed E-state index contributed by atoms with van der Waals surface area (Å²) in [4.78, 5) is 13.7. The van der Waals surface area contributed by atoms with Crippen molar-refractivity contribution in [2.24, 2.45) is 28.1 Å². The maximum Gasteiger partial charge on any atom is 0.174 e. The van der Waals surface area contributed by atoms with Gasteiger partial charge in [-0.1, -0.05) is 27.7 Å². The maximum absolute atomic E-state index is 13.7. The lowest BCUT2D eigenvalue weighted by molar-refractivity contribution is -0.302. The van der Waals surface area contributed by atoms with Gasteiger partial charge in [0.25, 0.3) is 0 Å². The molecule has 3 fully saturated rings. The molecule has 2 saturated carbocycles. The number of hydrogen-bond donors (Lipinski definition) is 4. The largest absolute Gasteiger partial charge is 0.392 e. The molecule has 0 aromatic heterocycles. The van der Waals surface area contributed by atoms with Crippen LogP contribution < -0.4 is 0 Å². The van der Waals surface area contributed by atoms with Gasteiger partial charge in [-0.15, -0.1) is 0 Å². The summed E-state index contributed by atoms with van der Waals surface area (Å²) < 4.78 is 5.74. The number of carbonyl (C=O) groups is 1. The first-order valence-corrected chi connectivity index (χ1v) is 10.4. The zero-order valence-electron chi connectivity index (χ0n) is 17.7. The van der Waals surface area contributed by atoms with Crippen LogP contribution in [0.5, 0.6) is 0 Å². The fourth-order valence-corrected chi connectivity index (χ4v) is 7.46. The van der Waals surface area contributed by atoms with Crippen LogP contribution >= 0.6 is 0 Å². The normalized spacial score (nSPS) is 55.6. The summed E-state index contributed by atoms with van der Waals surface area (Å²) in [6, 6.07) is 0. The molecule has 0 spiro atoms. The predicted molar refractivity (Wildman–Crippen MR) is 102 cm³/mol. The molecular formula is C22H34O6. The Labute approximate surface area is 166 Å². The van der Waals surface area contributed by atoms with Crippen LogP contribution in [0.3, 0.4) is 0 Å². The summed E-state index contributed by atoms with van der Waals surface area (Å²) >= 11 is 0. The second-order valence-electron chi connectivity index (χ2n) is 10.7. The van der Waals surface area contributed by atoms with Crippen LogP contribution in [0.15, 0.2) is 11.1 Å². The van der Waals surface area contributed by atoms with Crippen molar-refractivity contribution >= 4 is 5.78 Å². The molecule has 9 atom stereocenters. The number of aliphatic hydroxyl groups excluding tert-OH is 3. The zero-order chi connectivity index (χ0) is 21.0. The minimum Gasteiger partial charge on any atom is -0.392 e. The molecule has 1 unspecified atom stereocenters. The summed E-state index contributed by atoms with van der Waals surface area (Å²) in [6.07, 6.45) is -3.04. The van der Waals surface area contributed by atoms with Crippen molar-refractivity contribution in [2.75, 3.05) is 6.61 Å². The standard InChI is InChI=1S/C22H34O6/c1-10-12(23)8-22(27)11(2)17-20(5)9-28-14(20)7-13(24)21(17,6)18(26)16(25)15(10)19(22,3)4/h11-14,16-17,23-25,27H,7-9H2,1-6H3/t11-,12?,13-,14+,16+,17+,20+,21+,22+/m0/s1. The van der Waals surface area contributed by atoms with E-state index in [0.29, 0.717) is 24.2 Å². The van der Waals surface area contributed by atoms with Crippen LogP contribution in [0.1, 0.15) is 54.4 Å². The number of carbonyl (C=O) groups excluding carboxylic acids is 1. The van der Waals surface area contributed by atoms with Crippen molar-refractivity contribution < 1.29 is 30.0 Å². The Balaban J connectivity index is 2.01. The van der Waals surface area contributed by atoms with E-state index < -0.39 is 46.4 Å². The van der Waals surface area contributed by atoms with Gasteiger partial charge < -0.3 is 25.2 Å². The van der Waals surface area contributed by atoms with E-state index in [1.807, 2.05) is 20.8 Å². The van der Waals surface area contributed by atoms with Crippen LogP contribution in [0.4, 0.5) is 0 Å². The second kappa shape index (κ2) is 5.67. The molecule has 158 valence electrons. The number of ketones is 1. The highest BCUT2D eigenvalue weighted by atomic mass is 16.5. The van der Waals surface area contributed by atoms with Gasteiger partial charge in [-0.05, 0) is 36.8 Å². The minimum atomic E-state index is -1.47. The van der Waals surface area contributed by atoms with Gasteiger partial charge in [-0.25, -0.2) is 0 Å². The number of rotatable bonds is 0. The van der Waals surface area contributed by atoms with Crippen molar-refractivity contribution in [3.63, 3.8) is 0 Å². The third-order valence-corrected chi connectivity index (χ3v) is 9.31. The van der Waals surface area contributed by atoms with Crippen LogP contribution in [-0.2, 0) is 9.53 Å². The Kier molecular flexibility index (Phi) is 4.15. The topological polar surface area (TPSA) is 107 Å². The fourth-order valence-electron chi connectivity index (χ4n) is 7.46. The van der Waals surface area contributed by atoms with Gasteiger partial charge >= 0.3 is 0 Å². The summed E-state index contributed by atoms with van der Waals surface area (Å²) in [5.74, 6) is -1.20. The van der Waals surface area contributed by atoms with E-state index in [2.05, 4.69) is 6.92 Å². The first-order valence-electron chi connectivity index (χ1n) is 10.4. The van der Waals surface area contributed by atoms with E-state index >= 15 is 0 Å². The highest BCUT2D eigenvalue weighted by Gasteiger charge is 2.72. The Morgan fingerprint density at radius 3 is 2.25 bits per heavy atom. The molecule has 3 aliphatic carbocycles. The minimum absolute atomic E-state index is 0.141. The number of Topliss-reactive ketones (excluding diaryl/α,β-unsaturated/α-hetero) is 1. The van der Waals surface area contributed by atoms with Crippen molar-refractivity contribution in [3.05, 3.63) is 11.1 Å². The molecule has 28 heavy (non-hydrogen) atoms. The highest BCUT2D eigenvalue weighted by Crippen LogP contribution is 2.66. The third kappa shape index (κ3) is 2.04. The smallest absolute Gasteiger partial charge is 0.174 e. The van der Waals surface area contributed by atoms with Gasteiger partial charge in [-0.3, -0.25) is 4.79 Å². The lowest BCUT2D eigenvalue weighted by Gasteiger charge is -2.68. The van der Waals surface area contributed by atoms with E-state index in [-0.39, 0.29) is 23.9 Å². The van der Waals surface area contributed by atoms with Crippen LogP contribution in [0, 0.1) is 28.1 Å². The summed E-state index contributed by atoms with van der Waals surface area (Å²) in [6.45, 7) is 11.6. The average molecular weight is 395 g/mol. The molecule has 2 bridgehead atoms. The summed E-state index contributed by atoms with van der Waals surface area (Å²) in [5, 5.41) is 45.0. The van der Waals surface area contributed by atoms with Crippen LogP contribution in [-0.4, -0.2) is 62.8 Å². The van der Waals surface area contributed by atoms with Crippen molar-refractivity contribution in [2.45, 2.75) is 84.4 Å². The Morgan fingerprint density at radius 2 is 1.71 bits per heavy atom. The highest BCUT2D eigenvalue weighted by molar-refractivity contribution is 5.93. The second-order valence-corrected chi connectivity index (χ2v) is 10.7. The molecule has 4 N–H and O–H groups in total. The van der Waals surface area contributed by atoms with Crippen molar-refractivity contribution in [1.82, 2.24) is 0 Å². The number of aliphatic hydroxyl groups is 4. The van der Waals surface area contributed by atoms with Gasteiger partial charge in [0.1, 0.15) is 6.10 Å². The lowest BCUT2D eigenvalue weighted by Crippen LogP contribution is -2.75. The third-order valence-electron chi connectivity index (χ3n) is 9.31. The molecule has 0 radical (unpaired) electrons. The lowest BCUT2D eigenvalue weighted by atomic mass is 9.40. The van der Waals surface area contributed by atoms with E-state index in [1.54, 1.807) is 13.8 Å². The molecule has 6 heteroatoms. The van der Waals surface area contributed by atoms with Gasteiger partial charge in [0.2, 0.25) is 0 Å². The number of fused-ring (bicyclic) bond motifs is 5. The van der Waals surface area contributed by atoms with Crippen LogP contribution in [0.25, 0.3) is 0 Å². The SMILES string of the molecule is CC1=C2[C@@H](O)C(=O)[C@@]3(C)[C@H]([C@H](C)[C@](O)(CC1O)C2(C)C)[C@]1(C)CO[C@@H]1C[C@@H]3O. The first-order chi connectivity index (χ1) is 12.7. The molecule has 0 aromatic rings. The number of ether oxygens (including phenoxy) is 1. The maximum atomic E-state index is 13.7. The summed E-state index contributed by atoms with van der Waals surface area (Å²) in [7, 11) is 0. The molecule has 4 aliphatic rings. The predicted octanol–water partition coefficient (Wildman–Crippen LogP) is 1.20. The van der Waals surface area contributed by atoms with E-state index in [0.717, 1.165) is 0 Å². The van der Waals surface area contributed by atoms with Crippen molar-refractivity contribution in [3.8, 4) is 0 Å². The molecular weight excluding hydrogens is 360 g/mol. The Morgan fingerprint density at radius 1 is 1.11 bits per heavy atom. The first kappa shape index (κ1) is 20.5. The van der Waals surface area contributed by atoms with Gasteiger partial charge in [0, 0.05) is 23.7 Å². The molecule has 0 aromatic carbocycles. The monoisotopic (exact) mass is 394 g/mol. The molecule has 6 nitrogen and oxygen atoms in total. The van der Waals surface area contributed by atoms with E-state index in [1.165, 1.54) is 0 Å². The Bertz CT molecular complexity index is 758. The summed E-state index contributed by atoms with van der Waals surface area (Å²) in [5.41, 5.74) is -2.87. The van der Waals surface area contributed by atoms with Crippen LogP contribution in [0.2, 0.25) is 0 Å². The number of hydrogen-bond acceptors (Lipinski definition) is 6. The van der Waals surface area contributed by atoms with Gasteiger partial charge in [-0.2, -0.15) is 0 Å². The Hall–Kier alpha value is -0.790. The quantitative estimate of drug-likeness (QED) is 0.460. The molecule has 1 aliphatic heterocycles. The fraction of sp³-hybridized carbons (Fsp3) is 0.864.